The Kier molecular flexibility index (Phi) is 7.68. The largest absolute Gasteiger partial charge is 0.378 e. The summed E-state index contributed by atoms with van der Waals surface area (Å²) in [5, 5.41) is 0.468. The molecule has 1 saturated carbocycles. The molecule has 2 rings (SSSR count). The molecule has 116 valence electrons. The topological polar surface area (TPSA) is 35.3 Å². The van der Waals surface area contributed by atoms with Gasteiger partial charge in [-0.2, -0.15) is 4.33 Å². The van der Waals surface area contributed by atoms with Crippen LogP contribution in [0.4, 0.5) is 0 Å². The van der Waals surface area contributed by atoms with E-state index in [0.717, 1.165) is 51.2 Å². The predicted molar refractivity (Wildman–Crippen MR) is 82.9 cm³/mol. The first-order chi connectivity index (χ1) is 10.4. The summed E-state index contributed by atoms with van der Waals surface area (Å²) in [6, 6.07) is 0. The summed E-state index contributed by atoms with van der Waals surface area (Å²) in [5.74, 6) is 0. The molecule has 0 bridgehead atoms. The normalized spacial score (nSPS) is 21.7. The minimum atomic E-state index is 0.183. The molecule has 1 aliphatic heterocycles. The fourth-order valence-corrected chi connectivity index (χ4v) is 2.72. The minimum absolute atomic E-state index is 0.183. The maximum absolute atomic E-state index is 7.14. The van der Waals surface area contributed by atoms with Crippen molar-refractivity contribution in [1.82, 2.24) is 4.90 Å². The molecule has 1 heterocycles. The molecule has 5 nitrogen and oxygen atoms in total. The maximum Gasteiger partial charge on any atom is 0.249 e. The van der Waals surface area contributed by atoms with Crippen molar-refractivity contribution in [3.05, 3.63) is 34.8 Å². The van der Waals surface area contributed by atoms with E-state index in [4.69, 9.17) is 20.5 Å². The SMILES string of the molecule is [C-]#[N+]/C(=C/C=C\N1CCOCC1)SOOC1CCCCC1. The second-order valence-corrected chi connectivity index (χ2v) is 5.84. The van der Waals surface area contributed by atoms with Crippen molar-refractivity contribution in [1.29, 1.82) is 0 Å². The van der Waals surface area contributed by atoms with E-state index in [1.54, 1.807) is 6.08 Å². The van der Waals surface area contributed by atoms with E-state index in [1.165, 1.54) is 19.3 Å². The van der Waals surface area contributed by atoms with Gasteiger partial charge in [-0.05, 0) is 25.1 Å². The van der Waals surface area contributed by atoms with Crippen LogP contribution < -0.4 is 0 Å². The van der Waals surface area contributed by atoms with Gasteiger partial charge >= 0.3 is 0 Å². The van der Waals surface area contributed by atoms with Gasteiger partial charge in [0.25, 0.3) is 0 Å². The van der Waals surface area contributed by atoms with Crippen LogP contribution in [0.1, 0.15) is 32.1 Å². The smallest absolute Gasteiger partial charge is 0.249 e. The first-order valence-electron chi connectivity index (χ1n) is 7.46. The van der Waals surface area contributed by atoms with Crippen LogP contribution in [-0.2, 0) is 14.0 Å². The minimum Gasteiger partial charge on any atom is -0.378 e. The van der Waals surface area contributed by atoms with Crippen molar-refractivity contribution < 1.29 is 14.0 Å². The van der Waals surface area contributed by atoms with Gasteiger partial charge in [-0.25, -0.2) is 9.73 Å². The van der Waals surface area contributed by atoms with Gasteiger partial charge in [0.05, 0.1) is 37.9 Å². The van der Waals surface area contributed by atoms with E-state index in [9.17, 15) is 0 Å². The molecule has 21 heavy (non-hydrogen) atoms. The molecule has 2 fully saturated rings. The third-order valence-electron chi connectivity index (χ3n) is 3.54. The number of allylic oxidation sites excluding steroid dienone is 2. The Labute approximate surface area is 130 Å². The summed E-state index contributed by atoms with van der Waals surface area (Å²) >= 11 is 0.992. The first kappa shape index (κ1) is 16.4. The highest BCUT2D eigenvalue weighted by Crippen LogP contribution is 2.25. The number of nitrogens with zero attached hydrogens (tertiary/aromatic N) is 2. The maximum atomic E-state index is 7.14. The lowest BCUT2D eigenvalue weighted by atomic mass is 9.98. The number of hydrogen-bond donors (Lipinski definition) is 0. The van der Waals surface area contributed by atoms with Crippen molar-refractivity contribution in [2.45, 2.75) is 38.2 Å². The van der Waals surface area contributed by atoms with Crippen molar-refractivity contribution in [2.75, 3.05) is 26.3 Å². The lowest BCUT2D eigenvalue weighted by Crippen LogP contribution is -2.31. The van der Waals surface area contributed by atoms with E-state index in [-0.39, 0.29) is 6.10 Å². The van der Waals surface area contributed by atoms with Crippen LogP contribution in [0, 0.1) is 6.57 Å². The molecule has 2 aliphatic rings. The third-order valence-corrected chi connectivity index (χ3v) is 4.08. The van der Waals surface area contributed by atoms with Crippen LogP contribution in [-0.4, -0.2) is 37.3 Å². The molecule has 0 unspecified atom stereocenters. The molecule has 0 N–H and O–H groups in total. The summed E-state index contributed by atoms with van der Waals surface area (Å²) in [6.45, 7) is 10.4. The fraction of sp³-hybridized carbons (Fsp3) is 0.667. The number of rotatable bonds is 6. The van der Waals surface area contributed by atoms with Crippen LogP contribution in [0.3, 0.4) is 0 Å². The number of morpholine rings is 1. The highest BCUT2D eigenvalue weighted by atomic mass is 32.2. The van der Waals surface area contributed by atoms with Gasteiger partial charge in [0, 0.05) is 13.1 Å². The average Bonchev–Trinajstić information content (AvgIpc) is 2.55. The van der Waals surface area contributed by atoms with Crippen molar-refractivity contribution >= 4 is 12.0 Å². The molecule has 6 heteroatoms. The quantitative estimate of drug-likeness (QED) is 0.247. The molecule has 0 atom stereocenters. The number of hydrogen-bond acceptors (Lipinski definition) is 5. The van der Waals surface area contributed by atoms with E-state index in [2.05, 4.69) is 9.74 Å². The predicted octanol–water partition coefficient (Wildman–Crippen LogP) is 3.52. The zero-order valence-electron chi connectivity index (χ0n) is 12.2. The Morgan fingerprint density at radius 1 is 1.24 bits per heavy atom. The summed E-state index contributed by atoms with van der Waals surface area (Å²) in [6.07, 6.45) is 11.6. The van der Waals surface area contributed by atoms with Crippen molar-refractivity contribution in [3.8, 4) is 0 Å². The van der Waals surface area contributed by atoms with Gasteiger partial charge in [0.1, 0.15) is 0 Å². The van der Waals surface area contributed by atoms with E-state index in [1.807, 2.05) is 12.3 Å². The highest BCUT2D eigenvalue weighted by molar-refractivity contribution is 7.98. The van der Waals surface area contributed by atoms with Crippen molar-refractivity contribution in [2.24, 2.45) is 0 Å². The standard InChI is InChI=1S/C15H22N2O3S/c1-16-15(8-5-9-17-10-12-18-13-11-17)21-20-19-14-6-3-2-4-7-14/h5,8-9,14H,2-4,6-7,10-13H2/b9-5-,15-8-. The average molecular weight is 310 g/mol. The van der Waals surface area contributed by atoms with E-state index < -0.39 is 0 Å². The van der Waals surface area contributed by atoms with Gasteiger partial charge < -0.3 is 9.64 Å². The Balaban J connectivity index is 1.67. The molecule has 0 spiro atoms. The molecule has 0 amide bonds. The first-order valence-corrected chi connectivity index (χ1v) is 8.20. The van der Waals surface area contributed by atoms with Crippen LogP contribution in [0.5, 0.6) is 0 Å². The van der Waals surface area contributed by atoms with E-state index in [0.29, 0.717) is 5.03 Å². The monoisotopic (exact) mass is 310 g/mol. The van der Waals surface area contributed by atoms with Gasteiger partial charge in [-0.1, -0.05) is 25.3 Å². The van der Waals surface area contributed by atoms with Crippen molar-refractivity contribution in [3.63, 3.8) is 0 Å². The molecule has 0 aromatic carbocycles. The molecule has 0 aromatic heterocycles. The van der Waals surface area contributed by atoms with Gasteiger partial charge in [0.15, 0.2) is 0 Å². The lowest BCUT2D eigenvalue weighted by molar-refractivity contribution is -0.237. The zero-order chi connectivity index (χ0) is 14.8. The molecular weight excluding hydrogens is 288 g/mol. The summed E-state index contributed by atoms with van der Waals surface area (Å²) in [4.78, 5) is 10.9. The highest BCUT2D eigenvalue weighted by Gasteiger charge is 2.15. The number of ether oxygens (including phenoxy) is 1. The molecule has 1 aliphatic carbocycles. The second kappa shape index (κ2) is 9.85. The van der Waals surface area contributed by atoms with E-state index >= 15 is 0 Å². The zero-order valence-corrected chi connectivity index (χ0v) is 13.0. The lowest BCUT2D eigenvalue weighted by Gasteiger charge is -2.24. The second-order valence-electron chi connectivity index (χ2n) is 5.11. The van der Waals surface area contributed by atoms with Gasteiger partial charge in [0.2, 0.25) is 5.03 Å². The van der Waals surface area contributed by atoms with Crippen LogP contribution in [0.15, 0.2) is 23.4 Å². The van der Waals surface area contributed by atoms with Crippen LogP contribution in [0.2, 0.25) is 0 Å². The molecular formula is C15H22N2O3S. The van der Waals surface area contributed by atoms with Crippen LogP contribution in [0.25, 0.3) is 4.85 Å². The van der Waals surface area contributed by atoms with Gasteiger partial charge in [-0.3, -0.25) is 0 Å². The molecule has 1 saturated heterocycles. The third kappa shape index (κ3) is 6.53. The fourth-order valence-electron chi connectivity index (χ4n) is 2.33. The molecule has 0 aromatic rings. The summed E-state index contributed by atoms with van der Waals surface area (Å²) < 4.78 is 10.4. The summed E-state index contributed by atoms with van der Waals surface area (Å²) in [5.41, 5.74) is 0. The Bertz CT molecular complexity index is 394. The summed E-state index contributed by atoms with van der Waals surface area (Å²) in [7, 11) is 0. The molecule has 0 radical (unpaired) electrons. The Morgan fingerprint density at radius 3 is 2.71 bits per heavy atom. The van der Waals surface area contributed by atoms with Crippen LogP contribution >= 0.6 is 12.0 Å². The Hall–Kier alpha value is -1.00. The van der Waals surface area contributed by atoms with Gasteiger partial charge in [-0.15, -0.1) is 0 Å². The Morgan fingerprint density at radius 2 is 2.00 bits per heavy atom.